The molecule has 0 fully saturated rings. The van der Waals surface area contributed by atoms with Crippen LogP contribution < -0.4 is 5.73 Å². The second-order valence-electron chi connectivity index (χ2n) is 2.34. The van der Waals surface area contributed by atoms with Crippen LogP contribution in [0.5, 0.6) is 0 Å². The van der Waals surface area contributed by atoms with Gasteiger partial charge in [0.05, 0.1) is 0 Å². The molecule has 1 heterocycles. The monoisotopic (exact) mass is 181 g/mol. The van der Waals surface area contributed by atoms with Crippen LogP contribution in [-0.2, 0) is 9.53 Å². The third-order valence-corrected chi connectivity index (χ3v) is 1.52. The van der Waals surface area contributed by atoms with E-state index in [9.17, 15) is 9.90 Å². The highest BCUT2D eigenvalue weighted by atomic mass is 16.5. The van der Waals surface area contributed by atoms with E-state index in [0.717, 1.165) is 0 Å². The highest BCUT2D eigenvalue weighted by Gasteiger charge is 2.24. The van der Waals surface area contributed by atoms with Crippen LogP contribution in [0.2, 0.25) is 0 Å². The minimum absolute atomic E-state index is 0.246. The van der Waals surface area contributed by atoms with Gasteiger partial charge in [-0.15, -0.1) is 0 Å². The second-order valence-corrected chi connectivity index (χ2v) is 2.34. The van der Waals surface area contributed by atoms with Gasteiger partial charge in [-0.1, -0.05) is 0 Å². The van der Waals surface area contributed by atoms with Gasteiger partial charge < -0.3 is 15.6 Å². The fourth-order valence-corrected chi connectivity index (χ4v) is 0.927. The summed E-state index contributed by atoms with van der Waals surface area (Å²) < 4.78 is 4.47. The number of carbonyl (C=O) groups excluding carboxylic acids is 1. The number of primary amides is 1. The van der Waals surface area contributed by atoms with Gasteiger partial charge in [0, 0.05) is 12.6 Å². The van der Waals surface area contributed by atoms with Crippen molar-refractivity contribution >= 4 is 12.1 Å². The Labute approximate surface area is 73.9 Å². The summed E-state index contributed by atoms with van der Waals surface area (Å²) in [5.41, 5.74) is 4.65. The first kappa shape index (κ1) is 9.06. The highest BCUT2D eigenvalue weighted by Crippen LogP contribution is 2.17. The molecule has 0 aromatic heterocycles. The molecule has 0 aromatic carbocycles. The molecule has 0 saturated heterocycles. The Morgan fingerprint density at radius 2 is 2.62 bits per heavy atom. The van der Waals surface area contributed by atoms with Crippen molar-refractivity contribution in [1.82, 2.24) is 0 Å². The lowest BCUT2D eigenvalue weighted by atomic mass is 10.1. The Balaban J connectivity index is 2.92. The lowest BCUT2D eigenvalue weighted by Gasteiger charge is -2.15. The molecule has 1 rings (SSSR count). The molecule has 13 heavy (non-hydrogen) atoms. The molecule has 0 saturated carbocycles. The van der Waals surface area contributed by atoms with E-state index in [2.05, 4.69) is 9.73 Å². The number of aliphatic hydroxyl groups excluding tert-OH is 1. The van der Waals surface area contributed by atoms with Crippen LogP contribution in [0.15, 0.2) is 16.4 Å². The van der Waals surface area contributed by atoms with Crippen LogP contribution in [0.1, 0.15) is 6.42 Å². The number of ether oxygens (including phenoxy) is 1. The van der Waals surface area contributed by atoms with Gasteiger partial charge >= 0.3 is 0 Å². The number of hydrogen-bond acceptors (Lipinski definition) is 5. The molecule has 1 aliphatic heterocycles. The van der Waals surface area contributed by atoms with Crippen molar-refractivity contribution in [3.05, 3.63) is 11.5 Å². The normalized spacial score (nSPS) is 21.0. The zero-order valence-corrected chi connectivity index (χ0v) is 6.60. The van der Waals surface area contributed by atoms with E-state index < -0.39 is 17.8 Å². The van der Waals surface area contributed by atoms with Crippen molar-refractivity contribution in [3.63, 3.8) is 0 Å². The number of nitriles is 1. The molecular weight excluding hydrogens is 174 g/mol. The lowest BCUT2D eigenvalue weighted by Crippen LogP contribution is -2.25. The van der Waals surface area contributed by atoms with Crippen LogP contribution in [0.4, 0.5) is 0 Å². The van der Waals surface area contributed by atoms with Crippen LogP contribution in [-0.4, -0.2) is 23.3 Å². The van der Waals surface area contributed by atoms with Crippen molar-refractivity contribution in [2.45, 2.75) is 12.5 Å². The number of aliphatic imine (C=N–C) groups is 1. The minimum Gasteiger partial charge on any atom is -0.506 e. The molecule has 1 amide bonds. The molecule has 0 aliphatic carbocycles. The van der Waals surface area contributed by atoms with Gasteiger partial charge in [0.15, 0.2) is 17.6 Å². The molecule has 6 nitrogen and oxygen atoms in total. The standard InChI is InChI=1S/C7H7N3O3/c8-3-13-4-1-2-10-5(6(4)11)7(9)12/h2,4,11H,1H2,(H2,9,12). The van der Waals surface area contributed by atoms with E-state index in [4.69, 9.17) is 11.0 Å². The predicted octanol–water partition coefficient (Wildman–Crippen LogP) is -0.418. The summed E-state index contributed by atoms with van der Waals surface area (Å²) in [6.07, 6.45) is 2.19. The number of aliphatic hydroxyl groups is 1. The molecule has 0 radical (unpaired) electrons. The first-order chi connectivity index (χ1) is 6.16. The summed E-state index contributed by atoms with van der Waals surface area (Å²) in [5.74, 6) is -1.24. The maximum Gasteiger partial charge on any atom is 0.287 e. The zero-order chi connectivity index (χ0) is 9.84. The number of hydrogen-bond donors (Lipinski definition) is 2. The van der Waals surface area contributed by atoms with Gasteiger partial charge in [0.25, 0.3) is 12.2 Å². The van der Waals surface area contributed by atoms with Crippen LogP contribution in [0.3, 0.4) is 0 Å². The van der Waals surface area contributed by atoms with Gasteiger partial charge in [-0.3, -0.25) is 9.79 Å². The van der Waals surface area contributed by atoms with Gasteiger partial charge in [0.2, 0.25) is 0 Å². The fraction of sp³-hybridized carbons (Fsp3) is 0.286. The predicted molar refractivity (Wildman–Crippen MR) is 42.4 cm³/mol. The molecule has 1 atom stereocenters. The summed E-state index contributed by atoms with van der Waals surface area (Å²) in [7, 11) is 0. The van der Waals surface area contributed by atoms with E-state index in [1.165, 1.54) is 12.5 Å². The van der Waals surface area contributed by atoms with Gasteiger partial charge in [-0.05, 0) is 0 Å². The van der Waals surface area contributed by atoms with E-state index in [0.29, 0.717) is 0 Å². The summed E-state index contributed by atoms with van der Waals surface area (Å²) in [6.45, 7) is 0. The van der Waals surface area contributed by atoms with Crippen LogP contribution >= 0.6 is 0 Å². The summed E-state index contributed by atoms with van der Waals surface area (Å²) >= 11 is 0. The molecule has 0 spiro atoms. The number of amides is 1. The van der Waals surface area contributed by atoms with E-state index in [1.54, 1.807) is 0 Å². The maximum absolute atomic E-state index is 10.7. The topological polar surface area (TPSA) is 109 Å². The van der Waals surface area contributed by atoms with Crippen LogP contribution in [0, 0.1) is 11.5 Å². The van der Waals surface area contributed by atoms with Crippen molar-refractivity contribution in [1.29, 1.82) is 5.26 Å². The molecule has 3 N–H and O–H groups in total. The van der Waals surface area contributed by atoms with Gasteiger partial charge in [-0.25, -0.2) is 0 Å². The Morgan fingerprint density at radius 3 is 3.15 bits per heavy atom. The average molecular weight is 181 g/mol. The van der Waals surface area contributed by atoms with E-state index >= 15 is 0 Å². The first-order valence-electron chi connectivity index (χ1n) is 3.47. The smallest absolute Gasteiger partial charge is 0.287 e. The third-order valence-electron chi connectivity index (χ3n) is 1.52. The second kappa shape index (κ2) is 3.58. The number of nitrogens with zero attached hydrogens (tertiary/aromatic N) is 2. The highest BCUT2D eigenvalue weighted by molar-refractivity contribution is 5.94. The van der Waals surface area contributed by atoms with E-state index in [-0.39, 0.29) is 12.1 Å². The molecular formula is C7H7N3O3. The lowest BCUT2D eigenvalue weighted by molar-refractivity contribution is -0.114. The van der Waals surface area contributed by atoms with Crippen molar-refractivity contribution in [2.75, 3.05) is 0 Å². The quantitative estimate of drug-likeness (QED) is 0.564. The largest absolute Gasteiger partial charge is 0.506 e. The van der Waals surface area contributed by atoms with Crippen molar-refractivity contribution in [3.8, 4) is 6.26 Å². The molecule has 68 valence electrons. The molecule has 0 bridgehead atoms. The van der Waals surface area contributed by atoms with Gasteiger partial charge in [-0.2, -0.15) is 5.26 Å². The van der Waals surface area contributed by atoms with Crippen molar-refractivity contribution < 1.29 is 14.6 Å². The summed E-state index contributed by atoms with van der Waals surface area (Å²) in [5, 5.41) is 17.5. The minimum atomic E-state index is -0.847. The SMILES string of the molecule is N#COC1CC=NC(C(N)=O)=C1O. The number of nitrogens with two attached hydrogens (primary N) is 1. The molecule has 6 heteroatoms. The van der Waals surface area contributed by atoms with Crippen molar-refractivity contribution in [2.24, 2.45) is 10.7 Å². The number of carbonyl (C=O) groups is 1. The zero-order valence-electron chi connectivity index (χ0n) is 6.60. The maximum atomic E-state index is 10.7. The first-order valence-corrected chi connectivity index (χ1v) is 3.47. The summed E-state index contributed by atoms with van der Waals surface area (Å²) in [6, 6.07) is 0. The van der Waals surface area contributed by atoms with E-state index in [1.807, 2.05) is 0 Å². The molecule has 1 unspecified atom stereocenters. The third kappa shape index (κ3) is 1.76. The average Bonchev–Trinajstić information content (AvgIpc) is 2.08. The Kier molecular flexibility index (Phi) is 2.50. The molecule has 0 aromatic rings. The Morgan fingerprint density at radius 1 is 1.92 bits per heavy atom. The molecule has 1 aliphatic rings. The fourth-order valence-electron chi connectivity index (χ4n) is 0.927. The van der Waals surface area contributed by atoms with Crippen LogP contribution in [0.25, 0.3) is 0 Å². The van der Waals surface area contributed by atoms with Gasteiger partial charge in [0.1, 0.15) is 0 Å². The number of rotatable bonds is 2. The Hall–Kier alpha value is -2.03. The Bertz CT molecular complexity index is 326. The summed E-state index contributed by atoms with van der Waals surface area (Å²) in [4.78, 5) is 14.2.